The van der Waals surface area contributed by atoms with Crippen molar-refractivity contribution in [3.8, 4) is 5.75 Å². The van der Waals surface area contributed by atoms with Crippen LogP contribution in [0.25, 0.3) is 0 Å². The topological polar surface area (TPSA) is 65.2 Å². The zero-order valence-electron chi connectivity index (χ0n) is 14.0. The van der Waals surface area contributed by atoms with Crippen molar-refractivity contribution < 1.29 is 13.9 Å². The van der Waals surface area contributed by atoms with Crippen molar-refractivity contribution in [1.82, 2.24) is 10.2 Å². The Morgan fingerprint density at radius 2 is 1.84 bits per heavy atom. The molecule has 1 aromatic heterocycles. The molecule has 1 unspecified atom stereocenters. The molecule has 25 heavy (non-hydrogen) atoms. The second kappa shape index (κ2) is 7.98. The van der Waals surface area contributed by atoms with Crippen LogP contribution in [0.1, 0.15) is 28.7 Å². The van der Waals surface area contributed by atoms with Crippen LogP contribution in [0.2, 0.25) is 0 Å². The lowest BCUT2D eigenvalue weighted by Crippen LogP contribution is -2.13. The molecule has 0 aliphatic heterocycles. The van der Waals surface area contributed by atoms with Gasteiger partial charge in [0.2, 0.25) is 5.89 Å². The molecule has 128 valence electrons. The van der Waals surface area contributed by atoms with Gasteiger partial charge in [-0.2, -0.15) is 0 Å². The van der Waals surface area contributed by atoms with Gasteiger partial charge in [-0.1, -0.05) is 54.2 Å². The molecule has 1 atom stereocenters. The normalized spacial score (nSPS) is 11.9. The van der Waals surface area contributed by atoms with Crippen molar-refractivity contribution in [3.05, 3.63) is 71.6 Å². The van der Waals surface area contributed by atoms with E-state index in [2.05, 4.69) is 10.2 Å². The molecule has 0 saturated heterocycles. The summed E-state index contributed by atoms with van der Waals surface area (Å²) in [5.74, 6) is 1.37. The zero-order chi connectivity index (χ0) is 17.6. The number of thioether (sulfide) groups is 1. The van der Waals surface area contributed by atoms with Crippen LogP contribution >= 0.6 is 11.8 Å². The quantitative estimate of drug-likeness (QED) is 0.471. The van der Waals surface area contributed by atoms with E-state index >= 15 is 0 Å². The second-order valence-corrected chi connectivity index (χ2v) is 6.77. The van der Waals surface area contributed by atoms with Crippen LogP contribution in [0.5, 0.6) is 5.75 Å². The number of hydrogen-bond acceptors (Lipinski definition) is 6. The van der Waals surface area contributed by atoms with Crippen LogP contribution in [0.15, 0.2) is 64.2 Å². The van der Waals surface area contributed by atoms with Gasteiger partial charge in [0.25, 0.3) is 5.22 Å². The summed E-state index contributed by atoms with van der Waals surface area (Å²) < 4.78 is 10.8. The molecule has 0 aliphatic rings. The number of carbonyl (C=O) groups excluding carboxylic acids is 1. The fourth-order valence-corrected chi connectivity index (χ4v) is 3.09. The van der Waals surface area contributed by atoms with E-state index in [4.69, 9.17) is 9.15 Å². The van der Waals surface area contributed by atoms with Gasteiger partial charge < -0.3 is 9.15 Å². The largest absolute Gasteiger partial charge is 0.497 e. The predicted molar refractivity (Wildman–Crippen MR) is 96.2 cm³/mol. The molecule has 3 aromatic rings. The second-order valence-electron chi connectivity index (χ2n) is 5.48. The van der Waals surface area contributed by atoms with Crippen molar-refractivity contribution >= 4 is 17.5 Å². The van der Waals surface area contributed by atoms with Gasteiger partial charge in [0.05, 0.1) is 18.8 Å². The lowest BCUT2D eigenvalue weighted by molar-refractivity contribution is 0.0993. The number of ether oxygens (including phenoxy) is 1. The van der Waals surface area contributed by atoms with E-state index in [0.29, 0.717) is 23.1 Å². The third kappa shape index (κ3) is 4.48. The minimum Gasteiger partial charge on any atom is -0.497 e. The number of carbonyl (C=O) groups is 1. The highest BCUT2D eigenvalue weighted by molar-refractivity contribution is 8.00. The molecule has 0 aliphatic carbocycles. The van der Waals surface area contributed by atoms with Crippen molar-refractivity contribution in [3.63, 3.8) is 0 Å². The van der Waals surface area contributed by atoms with Crippen LogP contribution in [0.3, 0.4) is 0 Å². The number of methoxy groups -OCH3 is 1. The zero-order valence-corrected chi connectivity index (χ0v) is 14.8. The number of benzene rings is 2. The standard InChI is InChI=1S/C19H18N2O3S/c1-13(18(22)15-6-4-3-5-7-15)25-19-21-20-17(24-19)12-14-8-10-16(23-2)11-9-14/h3-11,13H,12H2,1-2H3. The monoisotopic (exact) mass is 354 g/mol. The molecule has 0 spiro atoms. The van der Waals surface area contributed by atoms with Crippen LogP contribution in [0.4, 0.5) is 0 Å². The van der Waals surface area contributed by atoms with Crippen LogP contribution in [-0.4, -0.2) is 28.3 Å². The van der Waals surface area contributed by atoms with Gasteiger partial charge in [-0.15, -0.1) is 10.2 Å². The lowest BCUT2D eigenvalue weighted by atomic mass is 10.1. The molecule has 0 fully saturated rings. The van der Waals surface area contributed by atoms with Gasteiger partial charge in [0.15, 0.2) is 5.78 Å². The fourth-order valence-electron chi connectivity index (χ4n) is 2.32. The number of Topliss-reactive ketones (excluding diaryl/α,β-unsaturated/α-hetero) is 1. The molecule has 0 saturated carbocycles. The maximum atomic E-state index is 12.4. The third-order valence-corrected chi connectivity index (χ3v) is 4.60. The third-order valence-electron chi connectivity index (χ3n) is 3.67. The first-order valence-corrected chi connectivity index (χ1v) is 8.75. The van der Waals surface area contributed by atoms with Gasteiger partial charge in [-0.25, -0.2) is 0 Å². The number of ketones is 1. The average Bonchev–Trinajstić information content (AvgIpc) is 3.09. The Hall–Kier alpha value is -2.60. The van der Waals surface area contributed by atoms with E-state index in [0.717, 1.165) is 11.3 Å². The molecular formula is C19H18N2O3S. The Morgan fingerprint density at radius 1 is 1.12 bits per heavy atom. The lowest BCUT2D eigenvalue weighted by Gasteiger charge is -2.06. The van der Waals surface area contributed by atoms with E-state index in [1.165, 1.54) is 11.8 Å². The number of rotatable bonds is 7. The van der Waals surface area contributed by atoms with Crippen LogP contribution in [0, 0.1) is 0 Å². The molecule has 0 bridgehead atoms. The smallest absolute Gasteiger partial charge is 0.277 e. The summed E-state index contributed by atoms with van der Waals surface area (Å²) in [4.78, 5) is 12.4. The summed E-state index contributed by atoms with van der Waals surface area (Å²) in [7, 11) is 1.63. The Kier molecular flexibility index (Phi) is 5.50. The predicted octanol–water partition coefficient (Wildman–Crippen LogP) is 4.03. The maximum absolute atomic E-state index is 12.4. The fraction of sp³-hybridized carbons (Fsp3) is 0.211. The Labute approximate surface area is 150 Å². The van der Waals surface area contributed by atoms with Crippen LogP contribution < -0.4 is 4.74 Å². The first-order valence-electron chi connectivity index (χ1n) is 7.87. The van der Waals surface area contributed by atoms with E-state index in [1.54, 1.807) is 7.11 Å². The van der Waals surface area contributed by atoms with Crippen LogP contribution in [-0.2, 0) is 6.42 Å². The van der Waals surface area contributed by atoms with Crippen molar-refractivity contribution in [2.75, 3.05) is 7.11 Å². The maximum Gasteiger partial charge on any atom is 0.277 e. The highest BCUT2D eigenvalue weighted by Crippen LogP contribution is 2.25. The first-order chi connectivity index (χ1) is 12.2. The molecule has 6 heteroatoms. The summed E-state index contributed by atoms with van der Waals surface area (Å²) >= 11 is 1.27. The summed E-state index contributed by atoms with van der Waals surface area (Å²) in [5, 5.41) is 8.20. The number of nitrogens with zero attached hydrogens (tertiary/aromatic N) is 2. The molecule has 3 rings (SSSR count). The minimum atomic E-state index is -0.295. The molecule has 1 heterocycles. The van der Waals surface area contributed by atoms with Gasteiger partial charge in [0.1, 0.15) is 5.75 Å². The highest BCUT2D eigenvalue weighted by atomic mass is 32.2. The SMILES string of the molecule is COc1ccc(Cc2nnc(SC(C)C(=O)c3ccccc3)o2)cc1. The van der Waals surface area contributed by atoms with E-state index in [9.17, 15) is 4.79 Å². The Bertz CT molecular complexity index is 831. The molecule has 0 N–H and O–H groups in total. The molecular weight excluding hydrogens is 336 g/mol. The van der Waals surface area contributed by atoms with Gasteiger partial charge in [0, 0.05) is 5.56 Å². The molecule has 2 aromatic carbocycles. The summed E-state index contributed by atoms with van der Waals surface area (Å²) in [6, 6.07) is 16.9. The van der Waals surface area contributed by atoms with E-state index in [-0.39, 0.29) is 11.0 Å². The minimum absolute atomic E-state index is 0.0421. The highest BCUT2D eigenvalue weighted by Gasteiger charge is 2.19. The molecule has 0 radical (unpaired) electrons. The average molecular weight is 354 g/mol. The number of hydrogen-bond donors (Lipinski definition) is 0. The van der Waals surface area contributed by atoms with Gasteiger partial charge in [-0.3, -0.25) is 4.79 Å². The van der Waals surface area contributed by atoms with E-state index < -0.39 is 0 Å². The van der Waals surface area contributed by atoms with E-state index in [1.807, 2.05) is 61.5 Å². The summed E-state index contributed by atoms with van der Waals surface area (Å²) in [6.45, 7) is 1.84. The first kappa shape index (κ1) is 17.2. The van der Waals surface area contributed by atoms with Gasteiger partial charge in [-0.05, 0) is 24.6 Å². The molecule has 5 nitrogen and oxygen atoms in total. The number of aromatic nitrogens is 2. The van der Waals surface area contributed by atoms with Gasteiger partial charge >= 0.3 is 0 Å². The summed E-state index contributed by atoms with van der Waals surface area (Å²) in [5.41, 5.74) is 1.73. The van der Waals surface area contributed by atoms with Crippen molar-refractivity contribution in [1.29, 1.82) is 0 Å². The summed E-state index contributed by atoms with van der Waals surface area (Å²) in [6.07, 6.45) is 0.540. The molecule has 0 amide bonds. The Balaban J connectivity index is 1.62. The van der Waals surface area contributed by atoms with Crippen molar-refractivity contribution in [2.24, 2.45) is 0 Å². The Morgan fingerprint density at radius 3 is 2.52 bits per heavy atom. The van der Waals surface area contributed by atoms with Crippen molar-refractivity contribution in [2.45, 2.75) is 23.8 Å².